The minimum Gasteiger partial charge on any atom is -0.268 e. The SMILES string of the molecule is CC(C)(C)c1ccc(=O)n(Cc2cccc(F)c2)n1. The highest BCUT2D eigenvalue weighted by molar-refractivity contribution is 5.17. The van der Waals surface area contributed by atoms with Gasteiger partial charge in [-0.1, -0.05) is 32.9 Å². The lowest BCUT2D eigenvalue weighted by atomic mass is 9.92. The van der Waals surface area contributed by atoms with E-state index in [-0.39, 0.29) is 23.3 Å². The molecule has 0 aliphatic rings. The average Bonchev–Trinajstić information content (AvgIpc) is 2.30. The van der Waals surface area contributed by atoms with Crippen LogP contribution in [0.25, 0.3) is 0 Å². The van der Waals surface area contributed by atoms with E-state index in [9.17, 15) is 9.18 Å². The Morgan fingerprint density at radius 2 is 1.95 bits per heavy atom. The van der Waals surface area contributed by atoms with Gasteiger partial charge in [0.05, 0.1) is 12.2 Å². The molecule has 3 nitrogen and oxygen atoms in total. The van der Waals surface area contributed by atoms with E-state index in [1.165, 1.54) is 22.9 Å². The molecule has 0 saturated carbocycles. The summed E-state index contributed by atoms with van der Waals surface area (Å²) in [5.74, 6) is -0.308. The first-order chi connectivity index (χ1) is 8.86. The normalized spacial score (nSPS) is 11.6. The van der Waals surface area contributed by atoms with Gasteiger partial charge >= 0.3 is 0 Å². The van der Waals surface area contributed by atoms with Crippen molar-refractivity contribution in [1.82, 2.24) is 9.78 Å². The lowest BCUT2D eigenvalue weighted by Crippen LogP contribution is -2.27. The molecule has 19 heavy (non-hydrogen) atoms. The van der Waals surface area contributed by atoms with E-state index in [1.54, 1.807) is 18.2 Å². The summed E-state index contributed by atoms with van der Waals surface area (Å²) in [7, 11) is 0. The first-order valence-corrected chi connectivity index (χ1v) is 6.19. The topological polar surface area (TPSA) is 34.9 Å². The van der Waals surface area contributed by atoms with Crippen LogP contribution in [0.5, 0.6) is 0 Å². The monoisotopic (exact) mass is 260 g/mol. The molecule has 0 aliphatic carbocycles. The van der Waals surface area contributed by atoms with Crippen LogP contribution in [0.4, 0.5) is 4.39 Å². The van der Waals surface area contributed by atoms with Crippen LogP contribution in [0.15, 0.2) is 41.2 Å². The fourth-order valence-electron chi connectivity index (χ4n) is 1.77. The molecule has 0 N–H and O–H groups in total. The van der Waals surface area contributed by atoms with Crippen LogP contribution in [-0.2, 0) is 12.0 Å². The summed E-state index contributed by atoms with van der Waals surface area (Å²) in [6.07, 6.45) is 0. The van der Waals surface area contributed by atoms with Gasteiger partial charge in [-0.25, -0.2) is 9.07 Å². The van der Waals surface area contributed by atoms with Crippen molar-refractivity contribution in [2.45, 2.75) is 32.7 Å². The molecule has 0 radical (unpaired) electrons. The van der Waals surface area contributed by atoms with Gasteiger partial charge in [0.2, 0.25) is 0 Å². The molecule has 0 amide bonds. The molecular weight excluding hydrogens is 243 g/mol. The summed E-state index contributed by atoms with van der Waals surface area (Å²) >= 11 is 0. The third-order valence-corrected chi connectivity index (χ3v) is 2.86. The third-order valence-electron chi connectivity index (χ3n) is 2.86. The number of aromatic nitrogens is 2. The lowest BCUT2D eigenvalue weighted by Gasteiger charge is -2.18. The number of benzene rings is 1. The maximum Gasteiger partial charge on any atom is 0.267 e. The van der Waals surface area contributed by atoms with Crippen LogP contribution >= 0.6 is 0 Å². The quantitative estimate of drug-likeness (QED) is 0.832. The maximum atomic E-state index is 13.1. The Hall–Kier alpha value is -1.97. The second kappa shape index (κ2) is 4.96. The van der Waals surface area contributed by atoms with Crippen LogP contribution in [0.1, 0.15) is 32.0 Å². The average molecular weight is 260 g/mol. The van der Waals surface area contributed by atoms with E-state index >= 15 is 0 Å². The molecule has 2 rings (SSSR count). The number of hydrogen-bond acceptors (Lipinski definition) is 2. The van der Waals surface area contributed by atoms with Gasteiger partial charge in [0, 0.05) is 11.5 Å². The van der Waals surface area contributed by atoms with Crippen molar-refractivity contribution in [1.29, 1.82) is 0 Å². The van der Waals surface area contributed by atoms with Crippen LogP contribution in [0.2, 0.25) is 0 Å². The molecule has 0 aliphatic heterocycles. The molecule has 0 bridgehead atoms. The fraction of sp³-hybridized carbons (Fsp3) is 0.333. The molecule has 100 valence electrons. The Morgan fingerprint density at radius 3 is 2.58 bits per heavy atom. The first kappa shape index (κ1) is 13.5. The van der Waals surface area contributed by atoms with Crippen molar-refractivity contribution in [2.75, 3.05) is 0 Å². The van der Waals surface area contributed by atoms with E-state index in [2.05, 4.69) is 5.10 Å². The smallest absolute Gasteiger partial charge is 0.267 e. The third kappa shape index (κ3) is 3.28. The second-order valence-electron chi connectivity index (χ2n) is 5.59. The lowest BCUT2D eigenvalue weighted by molar-refractivity contribution is 0.517. The summed E-state index contributed by atoms with van der Waals surface area (Å²) in [5, 5.41) is 4.35. The predicted octanol–water partition coefficient (Wildman–Crippen LogP) is 2.73. The first-order valence-electron chi connectivity index (χ1n) is 6.19. The highest BCUT2D eigenvalue weighted by atomic mass is 19.1. The Labute approximate surface area is 111 Å². The van der Waals surface area contributed by atoms with Gasteiger partial charge in [-0.05, 0) is 23.8 Å². The fourth-order valence-corrected chi connectivity index (χ4v) is 1.77. The predicted molar refractivity (Wildman–Crippen MR) is 72.7 cm³/mol. The molecule has 0 fully saturated rings. The van der Waals surface area contributed by atoms with E-state index in [4.69, 9.17) is 0 Å². The Kier molecular flexibility index (Phi) is 3.51. The molecule has 0 spiro atoms. The molecule has 0 unspecified atom stereocenters. The zero-order valence-electron chi connectivity index (χ0n) is 11.4. The summed E-state index contributed by atoms with van der Waals surface area (Å²) < 4.78 is 14.5. The Bertz CT molecular complexity index is 641. The summed E-state index contributed by atoms with van der Waals surface area (Å²) in [6.45, 7) is 6.38. The Morgan fingerprint density at radius 1 is 1.21 bits per heavy atom. The van der Waals surface area contributed by atoms with Crippen molar-refractivity contribution >= 4 is 0 Å². The van der Waals surface area contributed by atoms with Gasteiger partial charge in [0.25, 0.3) is 5.56 Å². The van der Waals surface area contributed by atoms with Crippen molar-refractivity contribution in [3.63, 3.8) is 0 Å². The van der Waals surface area contributed by atoms with E-state index in [0.717, 1.165) is 11.3 Å². The summed E-state index contributed by atoms with van der Waals surface area (Å²) in [5.41, 5.74) is 1.25. The zero-order chi connectivity index (χ0) is 14.0. The molecule has 0 atom stereocenters. The van der Waals surface area contributed by atoms with Gasteiger partial charge in [-0.15, -0.1) is 0 Å². The minimum absolute atomic E-state index is 0.128. The van der Waals surface area contributed by atoms with Gasteiger partial charge in [-0.3, -0.25) is 4.79 Å². The Balaban J connectivity index is 2.37. The van der Waals surface area contributed by atoms with Gasteiger partial charge in [0.1, 0.15) is 5.82 Å². The van der Waals surface area contributed by atoms with E-state index in [1.807, 2.05) is 20.8 Å². The second-order valence-corrected chi connectivity index (χ2v) is 5.59. The van der Waals surface area contributed by atoms with Crippen molar-refractivity contribution < 1.29 is 4.39 Å². The van der Waals surface area contributed by atoms with Gasteiger partial charge < -0.3 is 0 Å². The summed E-state index contributed by atoms with van der Waals surface area (Å²) in [6, 6.07) is 9.45. The zero-order valence-corrected chi connectivity index (χ0v) is 11.4. The highest BCUT2D eigenvalue weighted by Gasteiger charge is 2.16. The van der Waals surface area contributed by atoms with Gasteiger partial charge in [-0.2, -0.15) is 5.10 Å². The molecule has 1 heterocycles. The van der Waals surface area contributed by atoms with E-state index < -0.39 is 0 Å². The van der Waals surface area contributed by atoms with Gasteiger partial charge in [0.15, 0.2) is 0 Å². The number of halogens is 1. The van der Waals surface area contributed by atoms with Crippen LogP contribution in [0.3, 0.4) is 0 Å². The molecule has 1 aromatic carbocycles. The summed E-state index contributed by atoms with van der Waals surface area (Å²) in [4.78, 5) is 11.8. The maximum absolute atomic E-state index is 13.1. The molecule has 0 saturated heterocycles. The minimum atomic E-state index is -0.308. The largest absolute Gasteiger partial charge is 0.268 e. The van der Waals surface area contributed by atoms with Crippen LogP contribution in [-0.4, -0.2) is 9.78 Å². The standard InChI is InChI=1S/C15H17FN2O/c1-15(2,3)13-7-8-14(19)18(17-13)10-11-5-4-6-12(16)9-11/h4-9H,10H2,1-3H3. The molecule has 4 heteroatoms. The molecule has 1 aromatic heterocycles. The van der Waals surface area contributed by atoms with Crippen molar-refractivity contribution in [3.8, 4) is 0 Å². The molecular formula is C15H17FN2O. The number of rotatable bonds is 2. The van der Waals surface area contributed by atoms with Crippen molar-refractivity contribution in [3.05, 3.63) is 63.8 Å². The van der Waals surface area contributed by atoms with E-state index in [0.29, 0.717) is 0 Å². The number of hydrogen-bond donors (Lipinski definition) is 0. The van der Waals surface area contributed by atoms with Crippen molar-refractivity contribution in [2.24, 2.45) is 0 Å². The highest BCUT2D eigenvalue weighted by Crippen LogP contribution is 2.18. The van der Waals surface area contributed by atoms with Crippen LogP contribution in [0, 0.1) is 5.82 Å². The number of nitrogens with zero attached hydrogens (tertiary/aromatic N) is 2. The van der Waals surface area contributed by atoms with Crippen LogP contribution < -0.4 is 5.56 Å². The molecule has 2 aromatic rings.